The molecular formula is C19H18BrN3O3S. The highest BCUT2D eigenvalue weighted by Gasteiger charge is 2.29. The zero-order valence-electron chi connectivity index (χ0n) is 14.7. The Kier molecular flexibility index (Phi) is 5.86. The Morgan fingerprint density at radius 1 is 1.15 bits per heavy atom. The molecule has 0 unspecified atom stereocenters. The summed E-state index contributed by atoms with van der Waals surface area (Å²) >= 11 is 1.81. The number of rotatable bonds is 4. The van der Waals surface area contributed by atoms with Crippen LogP contribution in [0.15, 0.2) is 59.9 Å². The fourth-order valence-electron chi connectivity index (χ4n) is 3.14. The summed E-state index contributed by atoms with van der Waals surface area (Å²) in [6.07, 6.45) is 3.29. The third-order valence-electron chi connectivity index (χ3n) is 4.44. The summed E-state index contributed by atoms with van der Waals surface area (Å²) in [6.45, 7) is 0.978. The molecule has 0 aliphatic carbocycles. The van der Waals surface area contributed by atoms with Crippen LogP contribution in [-0.2, 0) is 6.54 Å². The molecule has 1 aliphatic heterocycles. The van der Waals surface area contributed by atoms with Crippen molar-refractivity contribution >= 4 is 17.4 Å². The normalized spacial score (nSPS) is 12.8. The molecular weight excluding hydrogens is 430 g/mol. The number of imidazole rings is 1. The minimum absolute atomic E-state index is 0. The standard InChI is InChI=1S/C19H18N3O3S.BrH/c1-25-17-9-3-14(4-10-17)18-13-20-11-2-12-26-19(20)21(18)15-5-7-16(8-6-15)22(23)24;/h3-10,13H,2,11-12H2,1H3;1H/q+1;/p-1. The van der Waals surface area contributed by atoms with Crippen molar-refractivity contribution in [1.82, 2.24) is 4.57 Å². The number of nitrogens with zero attached hydrogens (tertiary/aromatic N) is 3. The number of methoxy groups -OCH3 is 1. The summed E-state index contributed by atoms with van der Waals surface area (Å²) in [5, 5.41) is 12.1. The summed E-state index contributed by atoms with van der Waals surface area (Å²) in [5.41, 5.74) is 3.16. The Morgan fingerprint density at radius 2 is 1.85 bits per heavy atom. The molecule has 4 rings (SSSR count). The monoisotopic (exact) mass is 447 g/mol. The van der Waals surface area contributed by atoms with Gasteiger partial charge in [-0.15, -0.1) is 0 Å². The van der Waals surface area contributed by atoms with Gasteiger partial charge in [-0.3, -0.25) is 10.1 Å². The number of nitro groups is 1. The van der Waals surface area contributed by atoms with Crippen molar-refractivity contribution in [3.05, 3.63) is 64.8 Å². The number of fused-ring (bicyclic) bond motifs is 1. The summed E-state index contributed by atoms with van der Waals surface area (Å²) in [6, 6.07) is 14.7. The van der Waals surface area contributed by atoms with Gasteiger partial charge in [-0.25, -0.2) is 4.57 Å². The molecule has 140 valence electrons. The molecule has 0 saturated carbocycles. The van der Waals surface area contributed by atoms with Crippen LogP contribution in [0.2, 0.25) is 0 Å². The van der Waals surface area contributed by atoms with E-state index in [1.54, 1.807) is 31.4 Å². The highest BCUT2D eigenvalue weighted by molar-refractivity contribution is 7.99. The van der Waals surface area contributed by atoms with Crippen LogP contribution >= 0.6 is 11.8 Å². The average molecular weight is 448 g/mol. The van der Waals surface area contributed by atoms with Gasteiger partial charge in [0.1, 0.15) is 17.6 Å². The maximum Gasteiger partial charge on any atom is 0.323 e. The van der Waals surface area contributed by atoms with E-state index in [9.17, 15) is 10.1 Å². The second kappa shape index (κ2) is 8.14. The first-order valence-corrected chi connectivity index (χ1v) is 9.33. The van der Waals surface area contributed by atoms with Gasteiger partial charge < -0.3 is 21.7 Å². The van der Waals surface area contributed by atoms with Crippen LogP contribution in [0.1, 0.15) is 6.42 Å². The second-order valence-electron chi connectivity index (χ2n) is 6.03. The van der Waals surface area contributed by atoms with E-state index in [4.69, 9.17) is 4.74 Å². The highest BCUT2D eigenvalue weighted by atomic mass is 79.9. The van der Waals surface area contributed by atoms with E-state index < -0.39 is 0 Å². The number of nitro benzene ring substituents is 1. The van der Waals surface area contributed by atoms with Gasteiger partial charge in [0.05, 0.1) is 18.6 Å². The Morgan fingerprint density at radius 3 is 2.48 bits per heavy atom. The van der Waals surface area contributed by atoms with Crippen molar-refractivity contribution in [2.45, 2.75) is 18.1 Å². The Balaban J connectivity index is 0.00000210. The first-order chi connectivity index (χ1) is 12.7. The molecule has 2 aromatic carbocycles. The summed E-state index contributed by atoms with van der Waals surface area (Å²) in [5.74, 6) is 1.88. The molecule has 0 atom stereocenters. The van der Waals surface area contributed by atoms with Crippen molar-refractivity contribution < 1.29 is 31.2 Å². The van der Waals surface area contributed by atoms with E-state index >= 15 is 0 Å². The lowest BCUT2D eigenvalue weighted by molar-refractivity contribution is -0.734. The van der Waals surface area contributed by atoms with Crippen molar-refractivity contribution in [2.75, 3.05) is 12.9 Å². The van der Waals surface area contributed by atoms with E-state index in [0.717, 1.165) is 46.6 Å². The summed E-state index contributed by atoms with van der Waals surface area (Å²) in [7, 11) is 1.65. The van der Waals surface area contributed by atoms with Crippen LogP contribution in [0, 0.1) is 10.1 Å². The molecule has 0 fully saturated rings. The van der Waals surface area contributed by atoms with Gasteiger partial charge in [0.15, 0.2) is 5.69 Å². The van der Waals surface area contributed by atoms with Gasteiger partial charge >= 0.3 is 5.16 Å². The van der Waals surface area contributed by atoms with Crippen molar-refractivity contribution in [3.8, 4) is 22.7 Å². The number of ether oxygens (including phenoxy) is 1. The quantitative estimate of drug-likeness (QED) is 0.338. The van der Waals surface area contributed by atoms with E-state index in [0.29, 0.717) is 0 Å². The number of benzene rings is 2. The fraction of sp³-hybridized carbons (Fsp3) is 0.211. The molecule has 0 amide bonds. The number of aromatic nitrogens is 2. The Bertz CT molecular complexity index is 956. The molecule has 0 spiro atoms. The number of non-ortho nitro benzene ring substituents is 1. The number of hydrogen-bond acceptors (Lipinski definition) is 4. The molecule has 1 aliphatic rings. The number of hydrogen-bond donors (Lipinski definition) is 0. The van der Waals surface area contributed by atoms with Crippen molar-refractivity contribution in [1.29, 1.82) is 0 Å². The maximum absolute atomic E-state index is 11.0. The molecule has 0 bridgehead atoms. The van der Waals surface area contributed by atoms with Gasteiger partial charge in [0, 0.05) is 23.4 Å². The van der Waals surface area contributed by atoms with Crippen LogP contribution in [0.5, 0.6) is 5.75 Å². The van der Waals surface area contributed by atoms with Crippen LogP contribution in [-0.4, -0.2) is 22.4 Å². The van der Waals surface area contributed by atoms with Crippen LogP contribution < -0.4 is 26.3 Å². The SMILES string of the molecule is COc1ccc(-c2c[n+]3c(n2-c2ccc([N+](=O)[O-])cc2)SCCC3)cc1.[Br-]. The lowest BCUT2D eigenvalue weighted by atomic mass is 10.1. The van der Waals surface area contributed by atoms with E-state index in [1.165, 1.54) is 0 Å². The van der Waals surface area contributed by atoms with E-state index in [1.807, 2.05) is 36.0 Å². The minimum Gasteiger partial charge on any atom is -1.00 e. The van der Waals surface area contributed by atoms with Crippen LogP contribution in [0.3, 0.4) is 0 Å². The lowest BCUT2D eigenvalue weighted by Gasteiger charge is -2.09. The average Bonchev–Trinajstić information content (AvgIpc) is 3.07. The zero-order valence-corrected chi connectivity index (χ0v) is 17.1. The van der Waals surface area contributed by atoms with Crippen molar-refractivity contribution in [2.24, 2.45) is 0 Å². The molecule has 0 N–H and O–H groups in total. The smallest absolute Gasteiger partial charge is 0.323 e. The van der Waals surface area contributed by atoms with Gasteiger partial charge in [-0.1, -0.05) is 0 Å². The number of thioether (sulfide) groups is 1. The lowest BCUT2D eigenvalue weighted by Crippen LogP contribution is -3.00. The van der Waals surface area contributed by atoms with Gasteiger partial charge in [0.2, 0.25) is 0 Å². The largest absolute Gasteiger partial charge is 1.00 e. The van der Waals surface area contributed by atoms with Crippen LogP contribution in [0.4, 0.5) is 5.69 Å². The summed E-state index contributed by atoms with van der Waals surface area (Å²) in [4.78, 5) is 10.6. The fourth-order valence-corrected chi connectivity index (χ4v) is 4.24. The third kappa shape index (κ3) is 3.72. The summed E-state index contributed by atoms with van der Waals surface area (Å²) < 4.78 is 9.69. The molecule has 0 saturated heterocycles. The topological polar surface area (TPSA) is 61.2 Å². The molecule has 0 radical (unpaired) electrons. The Hall–Kier alpha value is -2.32. The Labute approximate surface area is 171 Å². The van der Waals surface area contributed by atoms with Gasteiger partial charge in [-0.05, 0) is 54.6 Å². The minimum atomic E-state index is -0.372. The molecule has 1 aromatic heterocycles. The predicted molar refractivity (Wildman–Crippen MR) is 99.9 cm³/mol. The first-order valence-electron chi connectivity index (χ1n) is 8.34. The van der Waals surface area contributed by atoms with Gasteiger partial charge in [0.25, 0.3) is 5.69 Å². The second-order valence-corrected chi connectivity index (χ2v) is 7.09. The zero-order chi connectivity index (χ0) is 18.1. The highest BCUT2D eigenvalue weighted by Crippen LogP contribution is 2.32. The van der Waals surface area contributed by atoms with E-state index in [-0.39, 0.29) is 27.6 Å². The predicted octanol–water partition coefficient (Wildman–Crippen LogP) is 0.848. The van der Waals surface area contributed by atoms with E-state index in [2.05, 4.69) is 15.3 Å². The molecule has 8 heteroatoms. The van der Waals surface area contributed by atoms with Crippen LogP contribution in [0.25, 0.3) is 16.9 Å². The molecule has 27 heavy (non-hydrogen) atoms. The molecule has 3 aromatic rings. The van der Waals surface area contributed by atoms with Gasteiger partial charge in [-0.2, -0.15) is 4.57 Å². The number of halogens is 1. The molecule has 6 nitrogen and oxygen atoms in total. The number of aryl methyl sites for hydroxylation is 1. The maximum atomic E-state index is 11.0. The van der Waals surface area contributed by atoms with Crippen molar-refractivity contribution in [3.63, 3.8) is 0 Å². The third-order valence-corrected chi connectivity index (χ3v) is 5.60. The first kappa shape index (κ1) is 19.4. The molecule has 2 heterocycles.